The number of nitrogens with one attached hydrogen (secondary N) is 1. The molecule has 0 unspecified atom stereocenters. The second-order valence-corrected chi connectivity index (χ2v) is 7.41. The predicted octanol–water partition coefficient (Wildman–Crippen LogP) is 2.30. The molecule has 0 saturated carbocycles. The first-order chi connectivity index (χ1) is 13.0. The highest BCUT2D eigenvalue weighted by atomic mass is 16.6. The van der Waals surface area contributed by atoms with E-state index >= 15 is 0 Å². The van der Waals surface area contributed by atoms with Gasteiger partial charge in [0.2, 0.25) is 11.8 Å². The standard InChI is InChI=1S/C19H30N4O4/c1-13(2)25-19(24)23-10-6-16(7-11-23)27-18-14(3)17(21-12-22-18)26-15-4-8-20-9-5-15/h12-13,15-16,20H,4-11H2,1-3H3. The molecule has 27 heavy (non-hydrogen) atoms. The van der Waals surface area contributed by atoms with Crippen LogP contribution in [-0.2, 0) is 4.74 Å². The average molecular weight is 378 g/mol. The molecule has 0 radical (unpaired) electrons. The average Bonchev–Trinajstić information content (AvgIpc) is 2.66. The van der Waals surface area contributed by atoms with E-state index in [1.54, 1.807) is 4.90 Å². The van der Waals surface area contributed by atoms with E-state index in [2.05, 4.69) is 15.3 Å². The molecule has 150 valence electrons. The van der Waals surface area contributed by atoms with E-state index in [-0.39, 0.29) is 24.4 Å². The Bertz CT molecular complexity index is 626. The van der Waals surface area contributed by atoms with Crippen LogP contribution in [0.3, 0.4) is 0 Å². The molecule has 8 nitrogen and oxygen atoms in total. The first-order valence-corrected chi connectivity index (χ1v) is 9.84. The van der Waals surface area contributed by atoms with Crippen LogP contribution in [0.1, 0.15) is 45.1 Å². The fourth-order valence-corrected chi connectivity index (χ4v) is 3.32. The summed E-state index contributed by atoms with van der Waals surface area (Å²) >= 11 is 0. The zero-order valence-corrected chi connectivity index (χ0v) is 16.4. The molecule has 0 aliphatic carbocycles. The summed E-state index contributed by atoms with van der Waals surface area (Å²) in [5.41, 5.74) is 0.831. The molecule has 1 aromatic rings. The van der Waals surface area contributed by atoms with Gasteiger partial charge in [0.05, 0.1) is 11.7 Å². The third-order valence-electron chi connectivity index (χ3n) is 4.87. The van der Waals surface area contributed by atoms with E-state index in [9.17, 15) is 4.79 Å². The Labute approximate surface area is 160 Å². The summed E-state index contributed by atoms with van der Waals surface area (Å²) in [5, 5.41) is 3.33. The number of nitrogens with zero attached hydrogens (tertiary/aromatic N) is 3. The summed E-state index contributed by atoms with van der Waals surface area (Å²) in [7, 11) is 0. The third-order valence-corrected chi connectivity index (χ3v) is 4.87. The molecule has 1 amide bonds. The lowest BCUT2D eigenvalue weighted by Gasteiger charge is -2.32. The Hall–Kier alpha value is -2.09. The van der Waals surface area contributed by atoms with E-state index in [1.165, 1.54) is 6.33 Å². The number of likely N-dealkylation sites (tertiary alicyclic amines) is 1. The van der Waals surface area contributed by atoms with Crippen molar-refractivity contribution in [2.24, 2.45) is 0 Å². The van der Waals surface area contributed by atoms with E-state index in [4.69, 9.17) is 14.2 Å². The van der Waals surface area contributed by atoms with E-state index in [0.717, 1.165) is 44.3 Å². The normalized spacial score (nSPS) is 19.2. The van der Waals surface area contributed by atoms with Crippen LogP contribution >= 0.6 is 0 Å². The Morgan fingerprint density at radius 3 is 2.19 bits per heavy atom. The van der Waals surface area contributed by atoms with Crippen molar-refractivity contribution in [2.75, 3.05) is 26.2 Å². The number of ether oxygens (including phenoxy) is 3. The molecule has 2 fully saturated rings. The van der Waals surface area contributed by atoms with Gasteiger partial charge in [-0.3, -0.25) is 0 Å². The van der Waals surface area contributed by atoms with Crippen LogP contribution in [0, 0.1) is 6.92 Å². The number of aromatic nitrogens is 2. The van der Waals surface area contributed by atoms with Crippen LogP contribution < -0.4 is 14.8 Å². The first-order valence-electron chi connectivity index (χ1n) is 9.84. The molecule has 1 aromatic heterocycles. The minimum absolute atomic E-state index is 0.0217. The van der Waals surface area contributed by atoms with Crippen molar-refractivity contribution in [3.8, 4) is 11.8 Å². The highest BCUT2D eigenvalue weighted by Crippen LogP contribution is 2.27. The summed E-state index contributed by atoms with van der Waals surface area (Å²) in [6, 6.07) is 0. The van der Waals surface area contributed by atoms with Gasteiger partial charge in [-0.05, 0) is 46.7 Å². The molecule has 0 atom stereocenters. The minimum atomic E-state index is -0.251. The van der Waals surface area contributed by atoms with Gasteiger partial charge in [-0.15, -0.1) is 0 Å². The summed E-state index contributed by atoms with van der Waals surface area (Å²) in [4.78, 5) is 22.3. The SMILES string of the molecule is Cc1c(OC2CCNCC2)ncnc1OC1CCN(C(=O)OC(C)C)CC1. The van der Waals surface area contributed by atoms with Gasteiger partial charge in [0.1, 0.15) is 18.5 Å². The van der Waals surface area contributed by atoms with Crippen molar-refractivity contribution in [1.29, 1.82) is 0 Å². The van der Waals surface area contributed by atoms with E-state index < -0.39 is 0 Å². The fraction of sp³-hybridized carbons (Fsp3) is 0.737. The van der Waals surface area contributed by atoms with Gasteiger partial charge in [0, 0.05) is 25.9 Å². The van der Waals surface area contributed by atoms with Gasteiger partial charge in [0.15, 0.2) is 0 Å². The van der Waals surface area contributed by atoms with E-state index in [0.29, 0.717) is 24.8 Å². The summed E-state index contributed by atoms with van der Waals surface area (Å²) in [6.07, 6.45) is 4.80. The van der Waals surface area contributed by atoms with Crippen LogP contribution in [0.4, 0.5) is 4.79 Å². The van der Waals surface area contributed by atoms with Crippen molar-refractivity contribution >= 4 is 6.09 Å². The van der Waals surface area contributed by atoms with Gasteiger partial charge in [-0.2, -0.15) is 0 Å². The molecule has 0 aromatic carbocycles. The van der Waals surface area contributed by atoms with E-state index in [1.807, 2.05) is 20.8 Å². The maximum Gasteiger partial charge on any atom is 0.410 e. The monoisotopic (exact) mass is 378 g/mol. The molecule has 2 aliphatic heterocycles. The van der Waals surface area contributed by atoms with Crippen molar-refractivity contribution < 1.29 is 19.0 Å². The fourth-order valence-electron chi connectivity index (χ4n) is 3.32. The smallest absolute Gasteiger partial charge is 0.410 e. The van der Waals surface area contributed by atoms with Crippen LogP contribution in [-0.4, -0.2) is 65.5 Å². The molecule has 1 N–H and O–H groups in total. The Balaban J connectivity index is 1.54. The molecule has 0 spiro atoms. The highest BCUT2D eigenvalue weighted by Gasteiger charge is 2.26. The van der Waals surface area contributed by atoms with Gasteiger partial charge in [-0.1, -0.05) is 0 Å². The lowest BCUT2D eigenvalue weighted by molar-refractivity contribution is 0.0503. The molecule has 0 bridgehead atoms. The predicted molar refractivity (Wildman–Crippen MR) is 100 cm³/mol. The van der Waals surface area contributed by atoms with Crippen molar-refractivity contribution in [3.05, 3.63) is 11.9 Å². The number of carbonyl (C=O) groups is 1. The topological polar surface area (TPSA) is 85.8 Å². The number of rotatable bonds is 5. The summed E-state index contributed by atoms with van der Waals surface area (Å²) in [5.74, 6) is 1.17. The Kier molecular flexibility index (Phi) is 6.71. The first kappa shape index (κ1) is 19.7. The second-order valence-electron chi connectivity index (χ2n) is 7.41. The van der Waals surface area contributed by atoms with Gasteiger partial charge < -0.3 is 24.4 Å². The van der Waals surface area contributed by atoms with Crippen LogP contribution in [0.15, 0.2) is 6.33 Å². The van der Waals surface area contributed by atoms with Crippen molar-refractivity contribution in [2.45, 2.75) is 64.8 Å². The third kappa shape index (κ3) is 5.45. The zero-order chi connectivity index (χ0) is 19.2. The molecular formula is C19H30N4O4. The molecule has 3 heterocycles. The number of hydrogen-bond donors (Lipinski definition) is 1. The van der Waals surface area contributed by atoms with Crippen LogP contribution in [0.25, 0.3) is 0 Å². The quantitative estimate of drug-likeness (QED) is 0.841. The van der Waals surface area contributed by atoms with Gasteiger partial charge >= 0.3 is 6.09 Å². The molecule has 3 rings (SSSR count). The second kappa shape index (κ2) is 9.21. The summed E-state index contributed by atoms with van der Waals surface area (Å²) < 4.78 is 17.4. The molecule has 2 saturated heterocycles. The van der Waals surface area contributed by atoms with Crippen LogP contribution in [0.5, 0.6) is 11.8 Å². The van der Waals surface area contributed by atoms with Crippen LogP contribution in [0.2, 0.25) is 0 Å². The molecule has 8 heteroatoms. The lowest BCUT2D eigenvalue weighted by atomic mass is 10.1. The molecule has 2 aliphatic rings. The largest absolute Gasteiger partial charge is 0.474 e. The number of carbonyl (C=O) groups excluding carboxylic acids is 1. The Morgan fingerprint density at radius 2 is 1.63 bits per heavy atom. The number of hydrogen-bond acceptors (Lipinski definition) is 7. The maximum absolute atomic E-state index is 12.0. The van der Waals surface area contributed by atoms with Crippen molar-refractivity contribution in [3.63, 3.8) is 0 Å². The molecular weight excluding hydrogens is 348 g/mol. The summed E-state index contributed by atoms with van der Waals surface area (Å²) in [6.45, 7) is 8.83. The highest BCUT2D eigenvalue weighted by molar-refractivity contribution is 5.67. The minimum Gasteiger partial charge on any atom is -0.474 e. The lowest BCUT2D eigenvalue weighted by Crippen LogP contribution is -2.42. The zero-order valence-electron chi connectivity index (χ0n) is 16.4. The maximum atomic E-state index is 12.0. The Morgan fingerprint density at radius 1 is 1.07 bits per heavy atom. The van der Waals surface area contributed by atoms with Crippen molar-refractivity contribution in [1.82, 2.24) is 20.2 Å². The number of piperidine rings is 2. The number of amides is 1. The van der Waals surface area contributed by atoms with Gasteiger partial charge in [-0.25, -0.2) is 14.8 Å². The van der Waals surface area contributed by atoms with Gasteiger partial charge in [0.25, 0.3) is 0 Å².